The summed E-state index contributed by atoms with van der Waals surface area (Å²) in [6.45, 7) is 0. The van der Waals surface area contributed by atoms with Gasteiger partial charge in [0.2, 0.25) is 0 Å². The summed E-state index contributed by atoms with van der Waals surface area (Å²) >= 11 is 12.9. The molecule has 0 bridgehead atoms. The molecule has 6 heteroatoms. The van der Waals surface area contributed by atoms with Crippen molar-refractivity contribution in [1.29, 1.82) is 0 Å². The van der Waals surface area contributed by atoms with Gasteiger partial charge in [-0.3, -0.25) is 0 Å². The predicted octanol–water partition coefficient (Wildman–Crippen LogP) is 5.21. The minimum Gasteiger partial charge on any atom is -0.234 e. The highest BCUT2D eigenvalue weighted by Gasteiger charge is 1.86. The Labute approximate surface area is 127 Å². The molecule has 0 amide bonds. The number of nitrogens with zero attached hydrogens (tertiary/aromatic N) is 2. The third-order valence-corrected chi connectivity index (χ3v) is 3.13. The van der Waals surface area contributed by atoms with Crippen molar-refractivity contribution < 1.29 is 0 Å². The Kier molecular flexibility index (Phi) is 6.72. The highest BCUT2D eigenvalue weighted by Crippen LogP contribution is 2.10. The van der Waals surface area contributed by atoms with E-state index in [2.05, 4.69) is 73.7 Å². The molecule has 0 N–H and O–H groups in total. The molecule has 0 saturated carbocycles. The topological polar surface area (TPSA) is 25.8 Å². The summed E-state index contributed by atoms with van der Waals surface area (Å²) in [4.78, 5) is 8.01. The molecule has 0 saturated heterocycles. The van der Waals surface area contributed by atoms with Crippen LogP contribution in [0.25, 0.3) is 0 Å². The molecule has 0 aliphatic heterocycles. The van der Waals surface area contributed by atoms with Gasteiger partial charge in [-0.05, 0) is 88.0 Å². The summed E-state index contributed by atoms with van der Waals surface area (Å²) < 4.78 is 3.41. The van der Waals surface area contributed by atoms with E-state index < -0.39 is 0 Å². The lowest BCUT2D eigenvalue weighted by Crippen LogP contribution is -1.72. The molecule has 0 aliphatic carbocycles. The van der Waals surface area contributed by atoms with Gasteiger partial charge in [-0.25, -0.2) is 9.97 Å². The molecule has 2 heterocycles. The van der Waals surface area contributed by atoms with Crippen LogP contribution in [-0.4, -0.2) is 9.97 Å². The zero-order chi connectivity index (χ0) is 12.0. The van der Waals surface area contributed by atoms with E-state index in [1.807, 2.05) is 36.4 Å². The lowest BCUT2D eigenvalue weighted by Gasteiger charge is -1.86. The normalized spacial score (nSPS) is 9.25. The number of hydrogen-bond acceptors (Lipinski definition) is 2. The molecule has 0 unspecified atom stereocenters. The van der Waals surface area contributed by atoms with Gasteiger partial charge in [0.05, 0.1) is 0 Å². The number of hydrogen-bond donors (Lipinski definition) is 0. The van der Waals surface area contributed by atoms with Crippen molar-refractivity contribution >= 4 is 63.7 Å². The Bertz CT molecular complexity index is 384. The molecule has 0 radical (unpaired) electrons. The van der Waals surface area contributed by atoms with Crippen LogP contribution in [0.3, 0.4) is 0 Å². The van der Waals surface area contributed by atoms with Crippen molar-refractivity contribution in [2.45, 2.75) is 0 Å². The molecule has 0 atom stereocenters. The maximum Gasteiger partial charge on any atom is 0.107 e. The number of aromatic nitrogens is 2. The fourth-order valence-corrected chi connectivity index (χ4v) is 2.62. The molecule has 2 aromatic rings. The van der Waals surface area contributed by atoms with Crippen LogP contribution in [0.15, 0.2) is 54.8 Å². The van der Waals surface area contributed by atoms with Crippen LogP contribution in [-0.2, 0) is 0 Å². The van der Waals surface area contributed by atoms with E-state index in [4.69, 9.17) is 0 Å². The second-order valence-corrected chi connectivity index (χ2v) is 5.82. The van der Waals surface area contributed by atoms with Gasteiger partial charge in [-0.2, -0.15) is 0 Å². The summed E-state index contributed by atoms with van der Waals surface area (Å²) in [5.74, 6) is 0. The van der Waals surface area contributed by atoms with Gasteiger partial charge in [0.1, 0.15) is 18.4 Å². The molecule has 0 aliphatic rings. The van der Waals surface area contributed by atoms with Gasteiger partial charge in [-0.15, -0.1) is 0 Å². The van der Waals surface area contributed by atoms with E-state index in [9.17, 15) is 0 Å². The van der Waals surface area contributed by atoms with E-state index in [0.29, 0.717) is 0 Å². The van der Waals surface area contributed by atoms with Crippen LogP contribution in [0.5, 0.6) is 0 Å². The second kappa shape index (κ2) is 7.53. The smallest absolute Gasteiger partial charge is 0.107 e. The molecule has 0 spiro atoms. The largest absolute Gasteiger partial charge is 0.234 e. The maximum absolute atomic E-state index is 4.01. The van der Waals surface area contributed by atoms with Crippen molar-refractivity contribution in [3.05, 3.63) is 54.8 Å². The second-order valence-electron chi connectivity index (χ2n) is 2.57. The first kappa shape index (κ1) is 14.3. The fourth-order valence-electron chi connectivity index (χ4n) is 0.767. The third-order valence-electron chi connectivity index (χ3n) is 1.36. The molecule has 0 aromatic carbocycles. The fraction of sp³-hybridized carbons (Fsp3) is 0. The van der Waals surface area contributed by atoms with Crippen LogP contribution in [0.4, 0.5) is 0 Å². The zero-order valence-corrected chi connectivity index (χ0v) is 14.2. The molecular weight excluding hydrogens is 468 g/mol. The lowest BCUT2D eigenvalue weighted by atomic mass is 10.5. The van der Waals surface area contributed by atoms with Gasteiger partial charge >= 0.3 is 0 Å². The summed E-state index contributed by atoms with van der Waals surface area (Å²) in [6.07, 6.45) is 0. The van der Waals surface area contributed by atoms with Gasteiger partial charge in [-0.1, -0.05) is 12.1 Å². The Hall–Kier alpha value is 0.220. The minimum absolute atomic E-state index is 0.854. The molecule has 2 aromatic heterocycles. The summed E-state index contributed by atoms with van der Waals surface area (Å²) in [5, 5.41) is 0. The minimum atomic E-state index is 0.854. The highest BCUT2D eigenvalue weighted by atomic mass is 79.9. The van der Waals surface area contributed by atoms with Crippen molar-refractivity contribution in [2.24, 2.45) is 0 Å². The molecule has 0 fully saturated rings. The van der Waals surface area contributed by atoms with E-state index in [1.54, 1.807) is 0 Å². The van der Waals surface area contributed by atoms with Crippen molar-refractivity contribution in [2.75, 3.05) is 0 Å². The van der Waals surface area contributed by atoms with Gasteiger partial charge < -0.3 is 0 Å². The van der Waals surface area contributed by atoms with Crippen LogP contribution < -0.4 is 0 Å². The van der Waals surface area contributed by atoms with E-state index in [0.717, 1.165) is 18.4 Å². The SMILES string of the molecule is Brc1cccc(Br)n1.Brc1cccc(Br)n1. The Morgan fingerprint density at radius 3 is 0.938 bits per heavy atom. The third kappa shape index (κ3) is 6.08. The first-order chi connectivity index (χ1) is 7.58. The van der Waals surface area contributed by atoms with E-state index in [-0.39, 0.29) is 0 Å². The van der Waals surface area contributed by atoms with Crippen LogP contribution >= 0.6 is 63.7 Å². The zero-order valence-electron chi connectivity index (χ0n) is 7.87. The van der Waals surface area contributed by atoms with Crippen LogP contribution in [0, 0.1) is 0 Å². The molecule has 2 nitrogen and oxygen atoms in total. The van der Waals surface area contributed by atoms with E-state index >= 15 is 0 Å². The van der Waals surface area contributed by atoms with Crippen LogP contribution in [0.2, 0.25) is 0 Å². The lowest BCUT2D eigenvalue weighted by molar-refractivity contribution is 1.23. The average molecular weight is 474 g/mol. The average Bonchev–Trinajstić information content (AvgIpc) is 2.17. The number of rotatable bonds is 0. The summed E-state index contributed by atoms with van der Waals surface area (Å²) in [7, 11) is 0. The monoisotopic (exact) mass is 470 g/mol. The van der Waals surface area contributed by atoms with Crippen molar-refractivity contribution in [3.63, 3.8) is 0 Å². The van der Waals surface area contributed by atoms with Crippen molar-refractivity contribution in [3.8, 4) is 0 Å². The number of pyridine rings is 2. The molecular formula is C10H6Br4N2. The summed E-state index contributed by atoms with van der Waals surface area (Å²) in [6, 6.07) is 11.4. The standard InChI is InChI=1S/2C5H3Br2N/c2*6-4-2-1-3-5(7)8-4/h2*1-3H. The van der Waals surface area contributed by atoms with Gasteiger partial charge in [0, 0.05) is 0 Å². The van der Waals surface area contributed by atoms with Crippen LogP contribution in [0.1, 0.15) is 0 Å². The Morgan fingerprint density at radius 1 is 0.562 bits per heavy atom. The Balaban J connectivity index is 0.000000160. The quantitative estimate of drug-likeness (QED) is 0.491. The van der Waals surface area contributed by atoms with E-state index in [1.165, 1.54) is 0 Å². The highest BCUT2D eigenvalue weighted by molar-refractivity contribution is 9.11. The summed E-state index contributed by atoms with van der Waals surface area (Å²) in [5.41, 5.74) is 0. The predicted molar refractivity (Wildman–Crippen MR) is 79.3 cm³/mol. The molecule has 2 rings (SSSR count). The first-order valence-corrected chi connectivity index (χ1v) is 7.31. The van der Waals surface area contributed by atoms with Crippen molar-refractivity contribution in [1.82, 2.24) is 9.97 Å². The first-order valence-electron chi connectivity index (χ1n) is 4.14. The maximum atomic E-state index is 4.01. The van der Waals surface area contributed by atoms with Gasteiger partial charge in [0.25, 0.3) is 0 Å². The number of halogens is 4. The van der Waals surface area contributed by atoms with Gasteiger partial charge in [0.15, 0.2) is 0 Å². The Morgan fingerprint density at radius 2 is 0.812 bits per heavy atom. The molecule has 84 valence electrons. The molecule has 16 heavy (non-hydrogen) atoms.